The standard InChI is InChI=1S/C100H56N8S2/c1-3-21-64-57(19-1)42-50-85-92(64)74-28-9-15-37-84(74)106(85)63-46-48-75-88(56-63)107(86-51-43-58-20-2-4-22-65(58)93(75)86)99-101-81-34-12-6-27-73(81)96(104-99)78-32-18-30-71-69-47-41-61(54-91(69)110-98(71)78)60-40-39-59-44-52-87-94(79(59)53-60)76-49-45-62(105-82-35-13-7-23-66(82)67-24-8-14-36-83(67)105)55-89(76)108(87)100-102-80-33-11-5-26-72(80)95(103-100)77-31-17-29-70-68-25-10-16-38-90(68)109-97(70)77/h1-56H. The highest BCUT2D eigenvalue weighted by molar-refractivity contribution is 7.26. The van der Waals surface area contributed by atoms with E-state index in [1.54, 1.807) is 0 Å². The smallest absolute Gasteiger partial charge is 0.235 e. The molecule has 8 heterocycles. The Kier molecular flexibility index (Phi) is 12.4. The maximum absolute atomic E-state index is 5.83. The van der Waals surface area contributed by atoms with E-state index in [1.165, 1.54) is 88.8 Å². The quantitative estimate of drug-likeness (QED) is 0.159. The van der Waals surface area contributed by atoms with Crippen molar-refractivity contribution >= 4 is 204 Å². The third kappa shape index (κ3) is 8.48. The molecule has 0 radical (unpaired) electrons. The Morgan fingerprint density at radius 2 is 0.591 bits per heavy atom. The van der Waals surface area contributed by atoms with Crippen LogP contribution in [0.15, 0.2) is 340 Å². The second kappa shape index (κ2) is 22.7. The van der Waals surface area contributed by atoms with Gasteiger partial charge >= 0.3 is 0 Å². The van der Waals surface area contributed by atoms with Gasteiger partial charge in [-0.1, -0.05) is 249 Å². The first-order valence-electron chi connectivity index (χ1n) is 37.3. The van der Waals surface area contributed by atoms with E-state index < -0.39 is 0 Å². The number of para-hydroxylation sites is 5. The van der Waals surface area contributed by atoms with E-state index in [0.717, 1.165) is 138 Å². The summed E-state index contributed by atoms with van der Waals surface area (Å²) in [6, 6.07) is 125. The Bertz CT molecular complexity index is 8340. The van der Waals surface area contributed by atoms with E-state index in [2.05, 4.69) is 358 Å². The molecule has 17 aromatic carbocycles. The molecule has 25 rings (SSSR count). The van der Waals surface area contributed by atoms with Crippen molar-refractivity contribution in [2.24, 2.45) is 0 Å². The molecule has 0 bridgehead atoms. The maximum atomic E-state index is 5.83. The predicted molar refractivity (Wildman–Crippen MR) is 465 cm³/mol. The summed E-state index contributed by atoms with van der Waals surface area (Å²) >= 11 is 3.67. The van der Waals surface area contributed by atoms with Gasteiger partial charge in [-0.15, -0.1) is 22.7 Å². The van der Waals surface area contributed by atoms with E-state index in [1.807, 2.05) is 22.7 Å². The Labute approximate surface area is 634 Å². The van der Waals surface area contributed by atoms with Crippen LogP contribution in [0.3, 0.4) is 0 Å². The van der Waals surface area contributed by atoms with Gasteiger partial charge in [0.05, 0.1) is 66.6 Å². The van der Waals surface area contributed by atoms with Crippen molar-refractivity contribution in [3.05, 3.63) is 340 Å². The lowest BCUT2D eigenvalue weighted by molar-refractivity contribution is 1.01. The lowest BCUT2D eigenvalue weighted by Gasteiger charge is -2.13. The molecule has 0 saturated heterocycles. The molecule has 0 amide bonds. The topological polar surface area (TPSA) is 71.3 Å². The van der Waals surface area contributed by atoms with Gasteiger partial charge in [0.2, 0.25) is 11.9 Å². The van der Waals surface area contributed by atoms with Gasteiger partial charge in [0.25, 0.3) is 0 Å². The normalized spacial score (nSPS) is 12.4. The number of aromatic nitrogens is 8. The molecule has 0 spiro atoms. The van der Waals surface area contributed by atoms with Crippen LogP contribution in [0.1, 0.15) is 0 Å². The number of benzene rings is 17. The number of nitrogens with zero attached hydrogens (tertiary/aromatic N) is 8. The second-order valence-electron chi connectivity index (χ2n) is 29.1. The van der Waals surface area contributed by atoms with Crippen LogP contribution in [0.2, 0.25) is 0 Å². The molecule has 0 unspecified atom stereocenters. The SMILES string of the molecule is c1ccc2c(c1)ccc1c2c2ccccc2n1-c1ccc2c3c4ccccc4ccc3n(-c3nc(-c4cccc5c4sc4cc(-c6ccc7ccc8c(c7c6)c6ccc(-n7c9ccccc9c9ccccc97)cc6n8-c6nc(-c7cccc8c7sc7ccccc78)c7ccccc7n6)ccc45)c4ccccc4n3)c2c1. The number of hydrogen-bond acceptors (Lipinski definition) is 6. The van der Waals surface area contributed by atoms with Gasteiger partial charge in [-0.05, 0) is 134 Å². The van der Waals surface area contributed by atoms with Crippen LogP contribution in [-0.2, 0) is 0 Å². The molecule has 0 aliphatic carbocycles. The van der Waals surface area contributed by atoms with Crippen LogP contribution in [0.4, 0.5) is 0 Å². The highest BCUT2D eigenvalue weighted by atomic mass is 32.1. The number of fused-ring (bicyclic) bond motifs is 26. The Balaban J connectivity index is 0.667. The summed E-state index contributed by atoms with van der Waals surface area (Å²) in [4.78, 5) is 22.8. The van der Waals surface area contributed by atoms with Crippen molar-refractivity contribution in [3.63, 3.8) is 0 Å². The van der Waals surface area contributed by atoms with Gasteiger partial charge in [0.1, 0.15) is 0 Å². The zero-order chi connectivity index (χ0) is 71.6. The predicted octanol–water partition coefficient (Wildman–Crippen LogP) is 27.2. The number of thiophene rings is 2. The van der Waals surface area contributed by atoms with Gasteiger partial charge in [-0.2, -0.15) is 0 Å². The van der Waals surface area contributed by atoms with Crippen molar-refractivity contribution in [1.82, 2.24) is 38.2 Å². The largest absolute Gasteiger partial charge is 0.309 e. The van der Waals surface area contributed by atoms with Gasteiger partial charge in [0, 0.05) is 117 Å². The fourth-order valence-corrected chi connectivity index (χ4v) is 21.0. The highest BCUT2D eigenvalue weighted by Crippen LogP contribution is 2.49. The average Bonchev–Trinajstić information content (AvgIpc) is 1.57. The van der Waals surface area contributed by atoms with Gasteiger partial charge in [0.15, 0.2) is 0 Å². The highest BCUT2D eigenvalue weighted by Gasteiger charge is 2.27. The van der Waals surface area contributed by atoms with Crippen LogP contribution < -0.4 is 0 Å². The molecule has 8 nitrogen and oxygen atoms in total. The van der Waals surface area contributed by atoms with Gasteiger partial charge in [-0.3, -0.25) is 9.13 Å². The van der Waals surface area contributed by atoms with Crippen molar-refractivity contribution in [1.29, 1.82) is 0 Å². The summed E-state index contributed by atoms with van der Waals surface area (Å²) in [5, 5.41) is 23.5. The monoisotopic (exact) mass is 1430 g/mol. The molecular formula is C100H56N8S2. The Hall–Kier alpha value is -14.2. The van der Waals surface area contributed by atoms with Gasteiger partial charge < -0.3 is 9.13 Å². The lowest BCUT2D eigenvalue weighted by atomic mass is 9.97. The van der Waals surface area contributed by atoms with Crippen LogP contribution >= 0.6 is 22.7 Å². The van der Waals surface area contributed by atoms with E-state index in [-0.39, 0.29) is 0 Å². The summed E-state index contributed by atoms with van der Waals surface area (Å²) in [6.07, 6.45) is 0. The fraction of sp³-hybridized carbons (Fsp3) is 0. The Morgan fingerprint density at radius 1 is 0.209 bits per heavy atom. The molecule has 0 atom stereocenters. The summed E-state index contributed by atoms with van der Waals surface area (Å²) in [7, 11) is 0. The first kappa shape index (κ1) is 60.0. The molecule has 0 saturated carbocycles. The summed E-state index contributed by atoms with van der Waals surface area (Å²) in [5.74, 6) is 1.24. The van der Waals surface area contributed by atoms with E-state index >= 15 is 0 Å². The van der Waals surface area contributed by atoms with Crippen LogP contribution in [0.5, 0.6) is 0 Å². The van der Waals surface area contributed by atoms with Gasteiger partial charge in [-0.25, -0.2) is 19.9 Å². The first-order chi connectivity index (χ1) is 54.5. The fourth-order valence-electron chi connectivity index (χ4n) is 18.5. The Morgan fingerprint density at radius 3 is 1.16 bits per heavy atom. The van der Waals surface area contributed by atoms with Crippen molar-refractivity contribution in [2.45, 2.75) is 0 Å². The van der Waals surface area contributed by atoms with Crippen molar-refractivity contribution in [3.8, 4) is 56.9 Å². The lowest BCUT2D eigenvalue weighted by Crippen LogP contribution is -2.04. The van der Waals surface area contributed by atoms with Crippen molar-refractivity contribution in [2.75, 3.05) is 0 Å². The maximum Gasteiger partial charge on any atom is 0.235 e. The summed E-state index contributed by atoms with van der Waals surface area (Å²) in [6.45, 7) is 0. The minimum atomic E-state index is 0.618. The van der Waals surface area contributed by atoms with Crippen LogP contribution in [0.25, 0.3) is 239 Å². The summed E-state index contributed by atoms with van der Waals surface area (Å²) in [5.41, 5.74) is 18.9. The van der Waals surface area contributed by atoms with E-state index in [0.29, 0.717) is 11.9 Å². The van der Waals surface area contributed by atoms with Crippen LogP contribution in [0, 0.1) is 0 Å². The molecule has 110 heavy (non-hydrogen) atoms. The first-order valence-corrected chi connectivity index (χ1v) is 39.0. The minimum absolute atomic E-state index is 0.618. The molecular weight excluding hydrogens is 1380 g/mol. The van der Waals surface area contributed by atoms with Crippen LogP contribution in [-0.4, -0.2) is 38.2 Å². The molecule has 0 aliphatic heterocycles. The summed E-state index contributed by atoms with van der Waals surface area (Å²) < 4.78 is 14.3. The zero-order valence-corrected chi connectivity index (χ0v) is 60.4. The molecule has 25 aromatic rings. The molecule has 0 fully saturated rings. The van der Waals surface area contributed by atoms with E-state index in [4.69, 9.17) is 19.9 Å². The molecule has 10 heteroatoms. The molecule has 0 aliphatic rings. The third-order valence-corrected chi connectivity index (χ3v) is 25.8. The molecule has 8 aromatic heterocycles. The van der Waals surface area contributed by atoms with Crippen molar-refractivity contribution < 1.29 is 0 Å². The second-order valence-corrected chi connectivity index (χ2v) is 31.2. The number of rotatable bonds is 7. The zero-order valence-electron chi connectivity index (χ0n) is 58.7. The molecule has 0 N–H and O–H groups in total. The number of hydrogen-bond donors (Lipinski definition) is 0. The third-order valence-electron chi connectivity index (χ3n) is 23.4. The minimum Gasteiger partial charge on any atom is -0.309 e. The average molecular weight is 1430 g/mol. The molecule has 508 valence electrons. The van der Waals surface area contributed by atoms with E-state index in [9.17, 15) is 0 Å².